The van der Waals surface area contributed by atoms with Crippen molar-refractivity contribution in [3.8, 4) is 0 Å². The van der Waals surface area contributed by atoms with Gasteiger partial charge in [0.25, 0.3) is 0 Å². The van der Waals surface area contributed by atoms with Gasteiger partial charge in [0.05, 0.1) is 0 Å². The molecule has 0 aromatic carbocycles. The molecule has 0 amide bonds. The van der Waals surface area contributed by atoms with Crippen LogP contribution in [-0.4, -0.2) is 29.6 Å². The molecule has 2 nitrogen and oxygen atoms in total. The van der Waals surface area contributed by atoms with Gasteiger partial charge in [-0.15, -0.1) is 0 Å². The van der Waals surface area contributed by atoms with Crippen LogP contribution in [0.25, 0.3) is 0 Å². The van der Waals surface area contributed by atoms with Crippen molar-refractivity contribution in [2.24, 2.45) is 11.7 Å². The summed E-state index contributed by atoms with van der Waals surface area (Å²) in [6.07, 6.45) is 6.88. The predicted molar refractivity (Wildman–Crippen MR) is 48.9 cm³/mol. The molecule has 4 rings (SSSR count). The fraction of sp³-hybridized carbons (Fsp3) is 1.00. The van der Waals surface area contributed by atoms with Crippen molar-refractivity contribution in [3.05, 3.63) is 0 Å². The Morgan fingerprint density at radius 3 is 2.42 bits per heavy atom. The maximum absolute atomic E-state index is 6.25. The normalized spacial score (nSPS) is 49.2. The smallest absolute Gasteiger partial charge is 0.0361 e. The Balaban J connectivity index is 1.92. The lowest BCUT2D eigenvalue weighted by Gasteiger charge is -2.34. The fourth-order valence-corrected chi connectivity index (χ4v) is 3.24. The van der Waals surface area contributed by atoms with E-state index >= 15 is 0 Å². The molecule has 0 radical (unpaired) electrons. The van der Waals surface area contributed by atoms with E-state index in [9.17, 15) is 0 Å². The first kappa shape index (κ1) is 7.34. The average Bonchev–Trinajstić information content (AvgIpc) is 2.87. The summed E-state index contributed by atoms with van der Waals surface area (Å²) in [7, 11) is 0. The van der Waals surface area contributed by atoms with Crippen molar-refractivity contribution in [1.82, 2.24) is 4.90 Å². The number of nitrogens with zero attached hydrogens (tertiary/aromatic N) is 1. The minimum atomic E-state index is 0.491. The predicted octanol–water partition coefficient (Wildman–Crippen LogP) is 0.962. The highest BCUT2D eigenvalue weighted by Crippen LogP contribution is 2.50. The molecule has 0 aromatic rings. The van der Waals surface area contributed by atoms with Crippen LogP contribution in [0.3, 0.4) is 0 Å². The number of hydrogen-bond acceptors (Lipinski definition) is 2. The highest BCUT2D eigenvalue weighted by Gasteiger charge is 2.55. The Morgan fingerprint density at radius 2 is 1.83 bits per heavy atom. The Labute approximate surface area is 74.1 Å². The summed E-state index contributed by atoms with van der Waals surface area (Å²) in [6.45, 7) is 2.66. The third kappa shape index (κ3) is 0.826. The van der Waals surface area contributed by atoms with Crippen molar-refractivity contribution in [2.45, 2.75) is 43.7 Å². The summed E-state index contributed by atoms with van der Waals surface area (Å²) in [5, 5.41) is 0. The van der Waals surface area contributed by atoms with Gasteiger partial charge in [-0.1, -0.05) is 0 Å². The molecular weight excluding hydrogens is 148 g/mol. The highest BCUT2D eigenvalue weighted by atomic mass is 15.3. The molecule has 12 heavy (non-hydrogen) atoms. The molecule has 2 heteroatoms. The van der Waals surface area contributed by atoms with Gasteiger partial charge in [-0.3, -0.25) is 4.90 Å². The zero-order valence-corrected chi connectivity index (χ0v) is 7.63. The molecule has 68 valence electrons. The molecule has 1 saturated carbocycles. The van der Waals surface area contributed by atoms with Crippen LogP contribution in [0.15, 0.2) is 0 Å². The van der Waals surface area contributed by atoms with Crippen LogP contribution in [-0.2, 0) is 0 Å². The second-order valence-corrected chi connectivity index (χ2v) is 4.88. The minimum absolute atomic E-state index is 0.491. The zero-order chi connectivity index (χ0) is 8.18. The van der Waals surface area contributed by atoms with E-state index in [1.807, 2.05) is 0 Å². The molecule has 4 fully saturated rings. The van der Waals surface area contributed by atoms with Crippen molar-refractivity contribution in [2.75, 3.05) is 13.1 Å². The first-order valence-corrected chi connectivity index (χ1v) is 5.32. The molecule has 0 aromatic heterocycles. The summed E-state index contributed by atoms with van der Waals surface area (Å²) < 4.78 is 0. The van der Waals surface area contributed by atoms with Crippen LogP contribution >= 0.6 is 0 Å². The van der Waals surface area contributed by atoms with Crippen molar-refractivity contribution in [3.63, 3.8) is 0 Å². The van der Waals surface area contributed by atoms with E-state index in [-0.39, 0.29) is 0 Å². The highest BCUT2D eigenvalue weighted by molar-refractivity contribution is 5.13. The van der Waals surface area contributed by atoms with Gasteiger partial charge in [0, 0.05) is 11.6 Å². The van der Waals surface area contributed by atoms with E-state index in [4.69, 9.17) is 5.73 Å². The molecule has 4 aliphatic rings. The van der Waals surface area contributed by atoms with E-state index in [1.165, 1.54) is 45.2 Å². The third-order valence-electron chi connectivity index (χ3n) is 4.28. The number of fused-ring (bicyclic) bond motifs is 3. The topological polar surface area (TPSA) is 29.3 Å². The van der Waals surface area contributed by atoms with Crippen LogP contribution in [0.2, 0.25) is 0 Å². The summed E-state index contributed by atoms with van der Waals surface area (Å²) in [5.41, 5.74) is 6.75. The first-order valence-electron chi connectivity index (χ1n) is 5.32. The Hall–Kier alpha value is -0.0800. The average molecular weight is 166 g/mol. The Kier molecular flexibility index (Phi) is 1.37. The summed E-state index contributed by atoms with van der Waals surface area (Å²) >= 11 is 0. The summed E-state index contributed by atoms with van der Waals surface area (Å²) in [4.78, 5) is 2.68. The van der Waals surface area contributed by atoms with Crippen LogP contribution in [0.1, 0.15) is 32.1 Å². The lowest BCUT2D eigenvalue weighted by Crippen LogP contribution is -2.48. The van der Waals surface area contributed by atoms with E-state index in [0.717, 1.165) is 5.92 Å². The van der Waals surface area contributed by atoms with Crippen LogP contribution < -0.4 is 5.73 Å². The number of piperidine rings is 1. The van der Waals surface area contributed by atoms with Crippen molar-refractivity contribution in [1.29, 1.82) is 0 Å². The molecule has 1 spiro atoms. The molecule has 2 bridgehead atoms. The van der Waals surface area contributed by atoms with E-state index in [1.54, 1.807) is 0 Å². The Bertz CT molecular complexity index is 190. The molecule has 1 aliphatic carbocycles. The largest absolute Gasteiger partial charge is 0.326 e. The van der Waals surface area contributed by atoms with Gasteiger partial charge in [0.1, 0.15) is 0 Å². The second-order valence-electron chi connectivity index (χ2n) is 4.88. The lowest BCUT2D eigenvalue weighted by atomic mass is 9.93. The number of rotatable bonds is 0. The molecule has 1 atom stereocenters. The van der Waals surface area contributed by atoms with Gasteiger partial charge in [-0.25, -0.2) is 0 Å². The van der Waals surface area contributed by atoms with Crippen molar-refractivity contribution >= 4 is 0 Å². The maximum Gasteiger partial charge on any atom is 0.0361 e. The Morgan fingerprint density at radius 1 is 1.17 bits per heavy atom. The van der Waals surface area contributed by atoms with E-state index < -0.39 is 0 Å². The van der Waals surface area contributed by atoms with Crippen LogP contribution in [0, 0.1) is 5.92 Å². The molecule has 3 heterocycles. The zero-order valence-electron chi connectivity index (χ0n) is 7.63. The standard InChI is InChI=1S/C10H18N2/c11-9-7-8-1-5-12(6-2-8)10(9)3-4-10/h8-9H,1-7,11H2. The molecule has 3 aliphatic heterocycles. The molecule has 3 saturated heterocycles. The van der Waals surface area contributed by atoms with Crippen molar-refractivity contribution < 1.29 is 0 Å². The van der Waals surface area contributed by atoms with Gasteiger partial charge >= 0.3 is 0 Å². The third-order valence-corrected chi connectivity index (χ3v) is 4.28. The SMILES string of the molecule is NC1CC2CCN(CC2)C12CC2. The number of hydrogen-bond donors (Lipinski definition) is 1. The molecule has 2 N–H and O–H groups in total. The van der Waals surface area contributed by atoms with E-state index in [0.29, 0.717) is 11.6 Å². The maximum atomic E-state index is 6.25. The van der Waals surface area contributed by atoms with Gasteiger partial charge in [0.2, 0.25) is 0 Å². The van der Waals surface area contributed by atoms with Crippen LogP contribution in [0.5, 0.6) is 0 Å². The monoisotopic (exact) mass is 166 g/mol. The summed E-state index contributed by atoms with van der Waals surface area (Å²) in [5.74, 6) is 0.955. The molecule has 1 unspecified atom stereocenters. The lowest BCUT2D eigenvalue weighted by molar-refractivity contribution is 0.147. The fourth-order valence-electron chi connectivity index (χ4n) is 3.24. The quantitative estimate of drug-likeness (QED) is 0.581. The van der Waals surface area contributed by atoms with Gasteiger partial charge in [-0.2, -0.15) is 0 Å². The first-order chi connectivity index (χ1) is 5.81. The minimum Gasteiger partial charge on any atom is -0.326 e. The second kappa shape index (κ2) is 2.24. The van der Waals surface area contributed by atoms with Gasteiger partial charge < -0.3 is 5.73 Å². The number of nitrogens with two attached hydrogens (primary N) is 1. The van der Waals surface area contributed by atoms with Crippen LogP contribution in [0.4, 0.5) is 0 Å². The molecular formula is C10H18N2. The van der Waals surface area contributed by atoms with Gasteiger partial charge in [0.15, 0.2) is 0 Å². The van der Waals surface area contributed by atoms with E-state index in [2.05, 4.69) is 4.90 Å². The summed E-state index contributed by atoms with van der Waals surface area (Å²) in [6, 6.07) is 0.493. The van der Waals surface area contributed by atoms with Gasteiger partial charge in [-0.05, 0) is 51.1 Å².